The van der Waals surface area contributed by atoms with E-state index in [1.807, 2.05) is 6.07 Å². The molecule has 0 aliphatic rings. The van der Waals surface area contributed by atoms with Gasteiger partial charge in [0.1, 0.15) is 10.0 Å². The van der Waals surface area contributed by atoms with Crippen LogP contribution >= 0.6 is 0 Å². The molecule has 9 heteroatoms. The number of nitro groups is 1. The van der Waals surface area contributed by atoms with Crippen LogP contribution in [0.4, 0.5) is 5.69 Å². The molecular formula is C30H31N3O4OsS. The Labute approximate surface area is 243 Å². The SMILES string of the molecule is Cc1ccc(C(C)C)cc1.[NH-]C(c1ccccc1)C([N-]S(=O)(=O)c1ccc([N+](=O)[O-])cc1)c1ccccc1.[Os+2]. The average Bonchev–Trinajstić information content (AvgIpc) is 2.93. The van der Waals surface area contributed by atoms with E-state index in [-0.39, 0.29) is 30.4 Å². The van der Waals surface area contributed by atoms with Gasteiger partial charge in [-0.15, -0.1) is 12.1 Å². The number of benzene rings is 4. The monoisotopic (exact) mass is 721 g/mol. The third kappa shape index (κ3) is 9.19. The van der Waals surface area contributed by atoms with Gasteiger partial charge in [0.2, 0.25) is 0 Å². The molecule has 204 valence electrons. The minimum Gasteiger partial charge on any atom is -0.672 e. The Balaban J connectivity index is 0.000000410. The van der Waals surface area contributed by atoms with Crippen molar-refractivity contribution in [3.8, 4) is 0 Å². The maximum absolute atomic E-state index is 12.8. The minimum atomic E-state index is -4.12. The van der Waals surface area contributed by atoms with Crippen molar-refractivity contribution >= 4 is 15.7 Å². The summed E-state index contributed by atoms with van der Waals surface area (Å²) in [7, 11) is -4.12. The fourth-order valence-electron chi connectivity index (χ4n) is 3.71. The summed E-state index contributed by atoms with van der Waals surface area (Å²) < 4.78 is 29.6. The zero-order valence-electron chi connectivity index (χ0n) is 21.9. The van der Waals surface area contributed by atoms with Gasteiger partial charge in [-0.1, -0.05) is 115 Å². The van der Waals surface area contributed by atoms with E-state index in [0.29, 0.717) is 17.0 Å². The molecule has 39 heavy (non-hydrogen) atoms. The van der Waals surface area contributed by atoms with Gasteiger partial charge in [-0.05, 0) is 30.5 Å². The van der Waals surface area contributed by atoms with E-state index >= 15 is 0 Å². The van der Waals surface area contributed by atoms with Crippen LogP contribution < -0.4 is 0 Å². The van der Waals surface area contributed by atoms with Crippen molar-refractivity contribution in [2.75, 3.05) is 0 Å². The van der Waals surface area contributed by atoms with E-state index in [1.165, 1.54) is 11.1 Å². The summed E-state index contributed by atoms with van der Waals surface area (Å²) in [6, 6.07) is 29.0. The summed E-state index contributed by atoms with van der Waals surface area (Å²) in [5, 5.41) is 10.8. The number of rotatable bonds is 8. The van der Waals surface area contributed by atoms with Crippen molar-refractivity contribution in [2.45, 2.75) is 43.7 Å². The maximum atomic E-state index is 12.8. The first-order chi connectivity index (χ1) is 18.1. The predicted octanol–water partition coefficient (Wildman–Crippen LogP) is 8.31. The normalized spacial score (nSPS) is 12.4. The van der Waals surface area contributed by atoms with Crippen LogP contribution in [0.25, 0.3) is 10.5 Å². The summed E-state index contributed by atoms with van der Waals surface area (Å²) in [6.07, 6.45) is 0. The molecule has 0 aliphatic carbocycles. The topological polar surface area (TPSA) is 115 Å². The number of nitrogens with zero attached hydrogens (tertiary/aromatic N) is 2. The fourth-order valence-corrected chi connectivity index (χ4v) is 4.85. The van der Waals surface area contributed by atoms with Gasteiger partial charge >= 0.3 is 19.8 Å². The number of hydrogen-bond donors (Lipinski definition) is 0. The van der Waals surface area contributed by atoms with Crippen LogP contribution in [0.1, 0.15) is 54.1 Å². The fraction of sp³-hybridized carbons (Fsp3) is 0.200. The molecule has 0 bridgehead atoms. The van der Waals surface area contributed by atoms with E-state index in [2.05, 4.69) is 49.8 Å². The van der Waals surface area contributed by atoms with Crippen LogP contribution in [0.15, 0.2) is 114 Å². The van der Waals surface area contributed by atoms with Gasteiger partial charge in [-0.2, -0.15) is 0 Å². The first kappa shape index (κ1) is 32.0. The molecule has 4 aromatic carbocycles. The molecule has 0 heterocycles. The second-order valence-corrected chi connectivity index (χ2v) is 10.8. The van der Waals surface area contributed by atoms with Gasteiger partial charge in [0.25, 0.3) is 5.69 Å². The number of nitro benzene ring substituents is 1. The third-order valence-electron chi connectivity index (χ3n) is 5.96. The van der Waals surface area contributed by atoms with Crippen molar-refractivity contribution in [3.05, 3.63) is 152 Å². The van der Waals surface area contributed by atoms with Crippen LogP contribution in [0.3, 0.4) is 0 Å². The summed E-state index contributed by atoms with van der Waals surface area (Å²) in [6.45, 7) is 6.54. The minimum absolute atomic E-state index is 0. The number of hydrogen-bond acceptors (Lipinski definition) is 4. The van der Waals surface area contributed by atoms with Crippen molar-refractivity contribution in [1.29, 1.82) is 0 Å². The zero-order valence-corrected chi connectivity index (χ0v) is 25.3. The molecule has 2 atom stereocenters. The van der Waals surface area contributed by atoms with E-state index in [1.54, 1.807) is 54.6 Å². The van der Waals surface area contributed by atoms with Crippen LogP contribution in [0.2, 0.25) is 0 Å². The molecule has 1 N–H and O–H groups in total. The van der Waals surface area contributed by atoms with Crippen molar-refractivity contribution in [2.24, 2.45) is 0 Å². The average molecular weight is 720 g/mol. The van der Waals surface area contributed by atoms with Gasteiger partial charge in [0.15, 0.2) is 0 Å². The summed E-state index contributed by atoms with van der Waals surface area (Å²) in [4.78, 5) is 10.0. The Kier molecular flexibility index (Phi) is 12.1. The number of sulfonamides is 1. The zero-order chi connectivity index (χ0) is 27.7. The second-order valence-electron chi connectivity index (χ2n) is 9.14. The molecule has 2 unspecified atom stereocenters. The van der Waals surface area contributed by atoms with Crippen molar-refractivity contribution in [1.82, 2.24) is 0 Å². The summed E-state index contributed by atoms with van der Waals surface area (Å²) in [5.41, 5.74) is 12.4. The Morgan fingerprint density at radius 2 is 1.23 bits per heavy atom. The largest absolute Gasteiger partial charge is 2.00 e. The maximum Gasteiger partial charge on any atom is 2.00 e. The second kappa shape index (κ2) is 14.8. The Bertz CT molecular complexity index is 1420. The Morgan fingerprint density at radius 1 is 0.744 bits per heavy atom. The Morgan fingerprint density at radius 3 is 1.69 bits per heavy atom. The standard InChI is InChI=1S/C20H17N3O4S.C10H14.Os/c21-19(15-7-3-1-4-8-15)20(16-9-5-2-6-10-16)22-28(26,27)18-13-11-17(12-14-18)23(24)25;1-8(2)10-6-4-9(3)5-7-10;/h1-14,19-21H;4-8H,1-3H3;/q-2;;+2. The number of nitrogens with one attached hydrogen (secondary N) is 1. The first-order valence-corrected chi connectivity index (χ1v) is 13.6. The molecule has 0 aromatic heterocycles. The van der Waals surface area contributed by atoms with E-state index < -0.39 is 27.0 Å². The summed E-state index contributed by atoms with van der Waals surface area (Å²) >= 11 is 0. The van der Waals surface area contributed by atoms with Crippen LogP contribution in [-0.2, 0) is 29.8 Å². The van der Waals surface area contributed by atoms with E-state index in [9.17, 15) is 18.5 Å². The van der Waals surface area contributed by atoms with Gasteiger partial charge in [-0.25, -0.2) is 8.42 Å². The summed E-state index contributed by atoms with van der Waals surface area (Å²) in [5.74, 6) is 0.653. The molecule has 7 nitrogen and oxygen atoms in total. The molecule has 0 amide bonds. The predicted molar refractivity (Wildman–Crippen MR) is 152 cm³/mol. The molecule has 0 radical (unpaired) electrons. The van der Waals surface area contributed by atoms with Crippen molar-refractivity contribution < 1.29 is 33.1 Å². The molecule has 4 aromatic rings. The molecule has 4 rings (SSSR count). The molecule has 0 fully saturated rings. The van der Waals surface area contributed by atoms with Gasteiger partial charge in [0, 0.05) is 17.0 Å². The number of non-ortho nitro benzene ring substituents is 1. The Hall–Kier alpha value is -3.21. The smallest absolute Gasteiger partial charge is 0.672 e. The molecule has 0 aliphatic heterocycles. The quantitative estimate of drug-likeness (QED) is 0.135. The number of aryl methyl sites for hydroxylation is 1. The van der Waals surface area contributed by atoms with Gasteiger partial charge in [0.05, 0.1) is 4.92 Å². The molecule has 0 spiro atoms. The first-order valence-electron chi connectivity index (χ1n) is 12.2. The van der Waals surface area contributed by atoms with Crippen molar-refractivity contribution in [3.63, 3.8) is 0 Å². The van der Waals surface area contributed by atoms with Gasteiger partial charge < -0.3 is 10.5 Å². The molecule has 0 saturated carbocycles. The van der Waals surface area contributed by atoms with E-state index in [4.69, 9.17) is 5.73 Å². The van der Waals surface area contributed by atoms with Crippen LogP contribution in [0.5, 0.6) is 0 Å². The van der Waals surface area contributed by atoms with E-state index in [0.717, 1.165) is 24.3 Å². The molecule has 0 saturated heterocycles. The van der Waals surface area contributed by atoms with Gasteiger partial charge in [-0.3, -0.25) is 10.1 Å². The third-order valence-corrected chi connectivity index (χ3v) is 7.33. The molecular weight excluding hydrogens is 689 g/mol. The van der Waals surface area contributed by atoms with Crippen LogP contribution in [0, 0.1) is 17.0 Å². The van der Waals surface area contributed by atoms with Crippen LogP contribution in [-0.4, -0.2) is 13.3 Å².